The number of piperidine rings is 1. The van der Waals surface area contributed by atoms with Crippen LogP contribution in [0.2, 0.25) is 0 Å². The highest BCUT2D eigenvalue weighted by Crippen LogP contribution is 2.47. The number of rotatable bonds is 4. The van der Waals surface area contributed by atoms with Crippen LogP contribution in [-0.4, -0.2) is 46.9 Å². The Morgan fingerprint density at radius 3 is 2.91 bits per heavy atom. The molecule has 2 aliphatic rings. The van der Waals surface area contributed by atoms with Crippen molar-refractivity contribution in [2.45, 2.75) is 18.9 Å². The van der Waals surface area contributed by atoms with E-state index in [1.54, 1.807) is 16.0 Å². The van der Waals surface area contributed by atoms with Gasteiger partial charge in [-0.2, -0.15) is 0 Å². The highest BCUT2D eigenvalue weighted by molar-refractivity contribution is 7.23. The maximum Gasteiger partial charge on any atom is 0.331 e. The Bertz CT molecular complexity index is 1490. The summed E-state index contributed by atoms with van der Waals surface area (Å²) in [6, 6.07) is 11.3. The van der Waals surface area contributed by atoms with Gasteiger partial charge in [-0.1, -0.05) is 24.8 Å². The van der Waals surface area contributed by atoms with E-state index in [0.29, 0.717) is 34.2 Å². The van der Waals surface area contributed by atoms with Crippen molar-refractivity contribution in [3.8, 4) is 0 Å². The number of hydrogen-bond acceptors (Lipinski definition) is 6. The zero-order valence-corrected chi connectivity index (χ0v) is 20.2. The molecule has 0 aliphatic carbocycles. The van der Waals surface area contributed by atoms with Crippen LogP contribution in [0.3, 0.4) is 0 Å². The summed E-state index contributed by atoms with van der Waals surface area (Å²) in [7, 11) is 0. The summed E-state index contributed by atoms with van der Waals surface area (Å²) in [5.74, 6) is -0.411. The monoisotopic (exact) mass is 503 g/mol. The standard InChI is InChI=1S/C25H21N5O3S2/c1-2-18(31)29-11-5-7-15(13-29)27-23(32)22-21-20-16(9-10-26-24(20)35-22)30(25(33)28-21)19-12-14-6-3-4-8-17(14)34-19/h2-4,6,8-10,12,15H,1,5,7,11,13H2,(H,27,32)(H,28,33)/t15-/m1/s1. The Kier molecular flexibility index (Phi) is 5.27. The second-order valence-electron chi connectivity index (χ2n) is 8.51. The smallest absolute Gasteiger partial charge is 0.331 e. The normalized spacial score (nSPS) is 17.5. The molecule has 3 aromatic heterocycles. The van der Waals surface area contributed by atoms with E-state index in [4.69, 9.17) is 0 Å². The van der Waals surface area contributed by atoms with Crippen LogP contribution in [-0.2, 0) is 4.79 Å². The molecule has 1 aromatic carbocycles. The maximum atomic E-state index is 13.3. The fourth-order valence-electron chi connectivity index (χ4n) is 4.72. The van der Waals surface area contributed by atoms with Crippen LogP contribution in [0.15, 0.2) is 55.3 Å². The first kappa shape index (κ1) is 21.8. The number of aromatic nitrogens is 1. The number of carbonyl (C=O) groups excluding carboxylic acids is 3. The molecule has 10 heteroatoms. The van der Waals surface area contributed by atoms with E-state index in [-0.39, 0.29) is 23.9 Å². The lowest BCUT2D eigenvalue weighted by atomic mass is 10.1. The van der Waals surface area contributed by atoms with Crippen molar-refractivity contribution in [2.75, 3.05) is 23.3 Å². The highest BCUT2D eigenvalue weighted by atomic mass is 32.1. The maximum absolute atomic E-state index is 13.3. The third kappa shape index (κ3) is 3.65. The van der Waals surface area contributed by atoms with Crippen molar-refractivity contribution in [2.24, 2.45) is 0 Å². The second kappa shape index (κ2) is 8.47. The van der Waals surface area contributed by atoms with Gasteiger partial charge in [0.2, 0.25) is 5.91 Å². The van der Waals surface area contributed by atoms with Gasteiger partial charge < -0.3 is 15.5 Å². The highest BCUT2D eigenvalue weighted by Gasteiger charge is 2.34. The number of nitrogens with zero attached hydrogens (tertiary/aromatic N) is 3. The predicted octanol–water partition coefficient (Wildman–Crippen LogP) is 5.10. The summed E-state index contributed by atoms with van der Waals surface area (Å²) < 4.78 is 1.09. The molecule has 1 fully saturated rings. The summed E-state index contributed by atoms with van der Waals surface area (Å²) in [5, 5.41) is 8.62. The van der Waals surface area contributed by atoms with Crippen molar-refractivity contribution in [3.63, 3.8) is 0 Å². The van der Waals surface area contributed by atoms with Crippen LogP contribution in [0.1, 0.15) is 22.5 Å². The molecule has 5 heterocycles. The van der Waals surface area contributed by atoms with E-state index in [1.807, 2.05) is 36.4 Å². The number of hydrogen-bond donors (Lipinski definition) is 2. The third-order valence-corrected chi connectivity index (χ3v) is 8.53. The van der Waals surface area contributed by atoms with Gasteiger partial charge in [0.05, 0.1) is 16.8 Å². The number of benzene rings is 1. The number of pyridine rings is 1. The lowest BCUT2D eigenvalue weighted by molar-refractivity contribution is -0.127. The summed E-state index contributed by atoms with van der Waals surface area (Å²) in [6.45, 7) is 4.64. The van der Waals surface area contributed by atoms with Crippen LogP contribution >= 0.6 is 22.7 Å². The Balaban J connectivity index is 1.34. The van der Waals surface area contributed by atoms with E-state index in [1.165, 1.54) is 28.7 Å². The van der Waals surface area contributed by atoms with Crippen LogP contribution in [0, 0.1) is 0 Å². The number of carbonyl (C=O) groups is 3. The van der Waals surface area contributed by atoms with Gasteiger partial charge in [0.15, 0.2) is 0 Å². The number of likely N-dealkylation sites (tertiary alicyclic amines) is 1. The Morgan fingerprint density at radius 1 is 1.23 bits per heavy atom. The van der Waals surface area contributed by atoms with Gasteiger partial charge in [-0.25, -0.2) is 9.78 Å². The molecule has 0 bridgehead atoms. The average Bonchev–Trinajstić information content (AvgIpc) is 3.46. The van der Waals surface area contributed by atoms with Crippen LogP contribution in [0.5, 0.6) is 0 Å². The number of fused-ring (bicyclic) bond motifs is 1. The van der Waals surface area contributed by atoms with E-state index >= 15 is 0 Å². The molecule has 1 atom stereocenters. The molecule has 35 heavy (non-hydrogen) atoms. The van der Waals surface area contributed by atoms with Crippen molar-refractivity contribution in [1.29, 1.82) is 0 Å². The van der Waals surface area contributed by atoms with Gasteiger partial charge in [0.1, 0.15) is 14.7 Å². The molecular weight excluding hydrogens is 482 g/mol. The largest absolute Gasteiger partial charge is 0.347 e. The first-order valence-corrected chi connectivity index (χ1v) is 12.9. The predicted molar refractivity (Wildman–Crippen MR) is 140 cm³/mol. The number of amides is 4. The molecule has 8 nitrogen and oxygen atoms in total. The molecular formula is C25H21N5O3S2. The lowest BCUT2D eigenvalue weighted by Gasteiger charge is -2.32. The van der Waals surface area contributed by atoms with Crippen molar-refractivity contribution in [3.05, 3.63) is 60.1 Å². The van der Waals surface area contributed by atoms with Crippen molar-refractivity contribution < 1.29 is 14.4 Å². The molecule has 0 unspecified atom stereocenters. The zero-order chi connectivity index (χ0) is 24.1. The molecule has 2 N–H and O–H groups in total. The lowest BCUT2D eigenvalue weighted by Crippen LogP contribution is -2.49. The van der Waals surface area contributed by atoms with Crippen molar-refractivity contribution >= 4 is 77.2 Å². The molecule has 4 amide bonds. The molecule has 4 aromatic rings. The molecule has 0 spiro atoms. The average molecular weight is 504 g/mol. The van der Waals surface area contributed by atoms with Gasteiger partial charge in [-0.15, -0.1) is 22.7 Å². The fraction of sp³-hybridized carbons (Fsp3) is 0.200. The minimum atomic E-state index is -0.315. The van der Waals surface area contributed by atoms with Crippen LogP contribution in [0.4, 0.5) is 21.2 Å². The first-order valence-electron chi connectivity index (χ1n) is 11.3. The Morgan fingerprint density at radius 2 is 2.09 bits per heavy atom. The number of thiophene rings is 2. The number of nitrogens with one attached hydrogen (secondary N) is 2. The molecule has 1 saturated heterocycles. The van der Waals surface area contributed by atoms with E-state index in [2.05, 4.69) is 22.2 Å². The quantitative estimate of drug-likeness (QED) is 0.379. The molecule has 176 valence electrons. The molecule has 2 aliphatic heterocycles. The summed E-state index contributed by atoms with van der Waals surface area (Å²) in [4.78, 5) is 47.5. The van der Waals surface area contributed by atoms with E-state index < -0.39 is 0 Å². The van der Waals surface area contributed by atoms with Crippen LogP contribution in [0.25, 0.3) is 20.3 Å². The fourth-order valence-corrected chi connectivity index (χ4v) is 6.81. The van der Waals surface area contributed by atoms with Gasteiger partial charge in [-0.3, -0.25) is 14.5 Å². The van der Waals surface area contributed by atoms with E-state index in [0.717, 1.165) is 33.3 Å². The minimum Gasteiger partial charge on any atom is -0.347 e. The molecule has 0 saturated carbocycles. The number of urea groups is 1. The van der Waals surface area contributed by atoms with Gasteiger partial charge in [-0.05, 0) is 42.5 Å². The van der Waals surface area contributed by atoms with Gasteiger partial charge >= 0.3 is 6.03 Å². The summed E-state index contributed by atoms with van der Waals surface area (Å²) in [5.41, 5.74) is 1.19. The molecule has 0 radical (unpaired) electrons. The first-order chi connectivity index (χ1) is 17.0. The van der Waals surface area contributed by atoms with Gasteiger partial charge in [0, 0.05) is 30.0 Å². The minimum absolute atomic E-state index is 0.136. The second-order valence-corrected chi connectivity index (χ2v) is 10.6. The SMILES string of the molecule is C=CC(=O)N1CCC[C@@H](NC(=O)c2sc3nccc4c3c2NC(=O)N4c2cc3ccccc3s2)C1. The number of anilines is 3. The van der Waals surface area contributed by atoms with Crippen LogP contribution < -0.4 is 15.5 Å². The van der Waals surface area contributed by atoms with Gasteiger partial charge in [0.25, 0.3) is 5.91 Å². The summed E-state index contributed by atoms with van der Waals surface area (Å²) in [6.07, 6.45) is 4.54. The van der Waals surface area contributed by atoms with Crippen molar-refractivity contribution in [1.82, 2.24) is 15.2 Å². The molecule has 6 rings (SSSR count). The Hall–Kier alpha value is -3.76. The summed E-state index contributed by atoms with van der Waals surface area (Å²) >= 11 is 2.79. The van der Waals surface area contributed by atoms with E-state index in [9.17, 15) is 14.4 Å². The topological polar surface area (TPSA) is 94.6 Å². The third-order valence-electron chi connectivity index (χ3n) is 6.33. The Labute approximate surface area is 208 Å². The zero-order valence-electron chi connectivity index (χ0n) is 18.6.